The van der Waals surface area contributed by atoms with E-state index in [4.69, 9.17) is 9.15 Å². The lowest BCUT2D eigenvalue weighted by molar-refractivity contribution is -0.139. The van der Waals surface area contributed by atoms with Crippen molar-refractivity contribution in [3.8, 4) is 16.9 Å². The normalized spacial score (nSPS) is 21.6. The van der Waals surface area contributed by atoms with Crippen molar-refractivity contribution in [3.63, 3.8) is 0 Å². The highest BCUT2D eigenvalue weighted by molar-refractivity contribution is 5.93. The number of benzene rings is 1. The van der Waals surface area contributed by atoms with Gasteiger partial charge in [-0.05, 0) is 55.2 Å². The fourth-order valence-corrected chi connectivity index (χ4v) is 4.48. The Balaban J connectivity index is 1.39. The quantitative estimate of drug-likeness (QED) is 0.672. The third-order valence-corrected chi connectivity index (χ3v) is 5.90. The number of hydrogen-bond donors (Lipinski definition) is 1. The maximum Gasteiger partial charge on any atom is 0.336 e. The van der Waals surface area contributed by atoms with E-state index in [1.165, 1.54) is 6.07 Å². The molecule has 5 rings (SSSR count). The second-order valence-electron chi connectivity index (χ2n) is 8.01. The first-order chi connectivity index (χ1) is 14.6. The Kier molecular flexibility index (Phi) is 4.75. The largest absolute Gasteiger partial charge is 0.481 e. The van der Waals surface area contributed by atoms with Crippen molar-refractivity contribution >= 4 is 16.9 Å². The Hall–Kier alpha value is -3.19. The first kappa shape index (κ1) is 18.8. The van der Waals surface area contributed by atoms with E-state index in [0.717, 1.165) is 42.4 Å². The average Bonchev–Trinajstić information content (AvgIpc) is 3.10. The highest BCUT2D eigenvalue weighted by Gasteiger charge is 2.36. The number of hydrogen-bond acceptors (Lipinski definition) is 6. The number of aromatic nitrogens is 1. The molecule has 2 aromatic heterocycles. The Morgan fingerprint density at radius 2 is 1.90 bits per heavy atom. The third kappa shape index (κ3) is 3.57. The molecule has 7 heteroatoms. The Bertz CT molecular complexity index is 1130. The molecular weight excluding hydrogens is 382 g/mol. The molecule has 3 aromatic rings. The summed E-state index contributed by atoms with van der Waals surface area (Å²) in [5.41, 5.74) is 1.64. The predicted molar refractivity (Wildman–Crippen MR) is 112 cm³/mol. The van der Waals surface area contributed by atoms with Crippen LogP contribution >= 0.6 is 0 Å². The second kappa shape index (κ2) is 7.57. The molecule has 1 aromatic carbocycles. The van der Waals surface area contributed by atoms with Crippen molar-refractivity contribution in [2.45, 2.75) is 38.0 Å². The molecule has 1 amide bonds. The molecule has 30 heavy (non-hydrogen) atoms. The lowest BCUT2D eigenvalue weighted by Gasteiger charge is -2.34. The van der Waals surface area contributed by atoms with E-state index in [-0.39, 0.29) is 5.91 Å². The van der Waals surface area contributed by atoms with Gasteiger partial charge in [0.25, 0.3) is 5.91 Å². The molecule has 0 saturated carbocycles. The van der Waals surface area contributed by atoms with Gasteiger partial charge in [-0.3, -0.25) is 9.78 Å². The minimum absolute atomic E-state index is 0.0134. The molecule has 0 radical (unpaired) electrons. The Labute approximate surface area is 173 Å². The van der Waals surface area contributed by atoms with Crippen LogP contribution in [0.25, 0.3) is 22.1 Å². The van der Waals surface area contributed by atoms with Crippen molar-refractivity contribution < 1.29 is 13.9 Å². The summed E-state index contributed by atoms with van der Waals surface area (Å²) in [5.74, 6) is 0.483. The maximum atomic E-state index is 12.9. The van der Waals surface area contributed by atoms with Gasteiger partial charge in [0.2, 0.25) is 0 Å². The Morgan fingerprint density at radius 3 is 2.63 bits per heavy atom. The van der Waals surface area contributed by atoms with Gasteiger partial charge in [0.15, 0.2) is 6.10 Å². The van der Waals surface area contributed by atoms with Crippen LogP contribution in [-0.2, 0) is 4.79 Å². The monoisotopic (exact) mass is 405 g/mol. The number of carbonyl (C=O) groups is 1. The number of likely N-dealkylation sites (tertiary alicyclic amines) is 1. The summed E-state index contributed by atoms with van der Waals surface area (Å²) in [7, 11) is 0. The zero-order valence-corrected chi connectivity index (χ0v) is 16.7. The van der Waals surface area contributed by atoms with Crippen molar-refractivity contribution in [2.75, 3.05) is 13.1 Å². The number of pyridine rings is 1. The highest BCUT2D eigenvalue weighted by Crippen LogP contribution is 2.30. The highest BCUT2D eigenvalue weighted by atomic mass is 16.5. The smallest absolute Gasteiger partial charge is 0.336 e. The van der Waals surface area contributed by atoms with Gasteiger partial charge in [0, 0.05) is 55.1 Å². The molecule has 154 valence electrons. The second-order valence-corrected chi connectivity index (χ2v) is 8.01. The predicted octanol–water partition coefficient (Wildman–Crippen LogP) is 2.59. The number of amides is 1. The van der Waals surface area contributed by atoms with Gasteiger partial charge in [0.05, 0.1) is 0 Å². The van der Waals surface area contributed by atoms with Crippen LogP contribution in [0.3, 0.4) is 0 Å². The molecule has 3 atom stereocenters. The molecule has 0 aliphatic carbocycles. The van der Waals surface area contributed by atoms with Crippen molar-refractivity contribution in [1.82, 2.24) is 15.2 Å². The van der Waals surface area contributed by atoms with E-state index in [1.54, 1.807) is 31.5 Å². The first-order valence-electron chi connectivity index (χ1n) is 10.3. The summed E-state index contributed by atoms with van der Waals surface area (Å²) in [6.07, 6.45) is 4.99. The maximum absolute atomic E-state index is 12.9. The number of piperazine rings is 1. The molecule has 0 spiro atoms. The molecule has 1 N–H and O–H groups in total. The number of fused-ring (bicyclic) bond motifs is 3. The van der Waals surface area contributed by atoms with E-state index >= 15 is 0 Å². The van der Waals surface area contributed by atoms with Crippen LogP contribution in [0.4, 0.5) is 0 Å². The molecule has 2 bridgehead atoms. The van der Waals surface area contributed by atoms with Gasteiger partial charge in [-0.1, -0.05) is 0 Å². The zero-order chi connectivity index (χ0) is 20.7. The number of rotatable bonds is 4. The van der Waals surface area contributed by atoms with Gasteiger partial charge in [-0.25, -0.2) is 4.79 Å². The van der Waals surface area contributed by atoms with Crippen LogP contribution in [-0.4, -0.2) is 47.1 Å². The van der Waals surface area contributed by atoms with Crippen molar-refractivity contribution in [1.29, 1.82) is 0 Å². The number of nitrogens with zero attached hydrogens (tertiary/aromatic N) is 2. The van der Waals surface area contributed by atoms with Gasteiger partial charge in [0.1, 0.15) is 11.3 Å². The topological polar surface area (TPSA) is 84.7 Å². The van der Waals surface area contributed by atoms with Crippen LogP contribution in [0.15, 0.2) is 58.0 Å². The minimum atomic E-state index is -0.616. The van der Waals surface area contributed by atoms with E-state index in [9.17, 15) is 9.59 Å². The van der Waals surface area contributed by atoms with Gasteiger partial charge in [-0.15, -0.1) is 0 Å². The summed E-state index contributed by atoms with van der Waals surface area (Å²) < 4.78 is 11.3. The third-order valence-electron chi connectivity index (χ3n) is 5.90. The summed E-state index contributed by atoms with van der Waals surface area (Å²) in [4.78, 5) is 30.9. The van der Waals surface area contributed by atoms with Crippen molar-refractivity contribution in [2.24, 2.45) is 0 Å². The van der Waals surface area contributed by atoms with E-state index in [2.05, 4.69) is 10.3 Å². The zero-order valence-electron chi connectivity index (χ0n) is 16.7. The average molecular weight is 405 g/mol. The molecule has 2 fully saturated rings. The fraction of sp³-hybridized carbons (Fsp3) is 0.348. The summed E-state index contributed by atoms with van der Waals surface area (Å²) in [6, 6.07) is 11.3. The molecule has 2 saturated heterocycles. The van der Waals surface area contributed by atoms with Gasteiger partial charge >= 0.3 is 5.63 Å². The molecule has 2 aliphatic rings. The molecule has 2 unspecified atom stereocenters. The van der Waals surface area contributed by atoms with Gasteiger partial charge in [-0.2, -0.15) is 0 Å². The lowest BCUT2D eigenvalue weighted by atomic mass is 10.0. The van der Waals surface area contributed by atoms with Crippen LogP contribution in [0.5, 0.6) is 5.75 Å². The summed E-state index contributed by atoms with van der Waals surface area (Å²) in [6.45, 7) is 3.22. The van der Waals surface area contributed by atoms with E-state index in [0.29, 0.717) is 23.4 Å². The van der Waals surface area contributed by atoms with Crippen LogP contribution in [0.2, 0.25) is 0 Å². The lowest BCUT2D eigenvalue weighted by Crippen LogP contribution is -2.55. The van der Waals surface area contributed by atoms with Crippen LogP contribution in [0.1, 0.15) is 19.8 Å². The standard InChI is InChI=1S/C23H23N3O4/c1-14(23(28)26-12-16-2-3-17(13-26)25-16)29-18-4-5-19-20(15-6-8-24-9-7-15)11-22(27)30-21(19)10-18/h4-11,14,16-17,25H,2-3,12-13H2,1H3/t14-,16?,17?/m1/s1. The molecule has 4 heterocycles. The molecule has 7 nitrogen and oxygen atoms in total. The van der Waals surface area contributed by atoms with Crippen LogP contribution < -0.4 is 15.7 Å². The summed E-state index contributed by atoms with van der Waals surface area (Å²) >= 11 is 0. The van der Waals surface area contributed by atoms with Crippen molar-refractivity contribution in [3.05, 3.63) is 59.2 Å². The first-order valence-corrected chi connectivity index (χ1v) is 10.3. The SMILES string of the molecule is C[C@@H](Oc1ccc2c(-c3ccncc3)cc(=O)oc2c1)C(=O)N1CC2CCC(C1)N2. The Morgan fingerprint density at radius 1 is 1.17 bits per heavy atom. The number of ether oxygens (including phenoxy) is 1. The fourth-order valence-electron chi connectivity index (χ4n) is 4.48. The van der Waals surface area contributed by atoms with E-state index in [1.807, 2.05) is 23.1 Å². The van der Waals surface area contributed by atoms with Crippen LogP contribution in [0, 0.1) is 0 Å². The number of carbonyl (C=O) groups excluding carboxylic acids is 1. The van der Waals surface area contributed by atoms with Gasteiger partial charge < -0.3 is 19.4 Å². The van der Waals surface area contributed by atoms with E-state index < -0.39 is 11.7 Å². The summed E-state index contributed by atoms with van der Waals surface area (Å²) in [5, 5.41) is 4.32. The number of nitrogens with one attached hydrogen (secondary N) is 1. The molecule has 2 aliphatic heterocycles. The minimum Gasteiger partial charge on any atom is -0.481 e. The molecular formula is C23H23N3O4.